The number of aromatic hydroxyl groups is 1. The van der Waals surface area contributed by atoms with Gasteiger partial charge in [0, 0.05) is 11.6 Å². The highest BCUT2D eigenvalue weighted by Gasteiger charge is 2.24. The summed E-state index contributed by atoms with van der Waals surface area (Å²) in [5.41, 5.74) is 0.338. The van der Waals surface area contributed by atoms with Crippen LogP contribution in [0.25, 0.3) is 0 Å². The molecular formula is C10H9FN2O. The van der Waals surface area contributed by atoms with Crippen LogP contribution in [0.2, 0.25) is 0 Å². The van der Waals surface area contributed by atoms with Gasteiger partial charge in [-0.25, -0.2) is 4.39 Å². The summed E-state index contributed by atoms with van der Waals surface area (Å²) in [7, 11) is 0. The standard InChI is InChI=1S/C10H9FN2O/c11-8-2-1-6(9-3-4-13-9)10(14)7(8)5-12/h1-2,9,13-14H,3-4H2. The Labute approximate surface area is 80.8 Å². The van der Waals surface area contributed by atoms with Crippen molar-refractivity contribution >= 4 is 0 Å². The molecule has 1 saturated heterocycles. The third-order valence-corrected chi connectivity index (χ3v) is 2.47. The van der Waals surface area contributed by atoms with Crippen molar-refractivity contribution in [2.45, 2.75) is 12.5 Å². The fourth-order valence-electron chi connectivity index (χ4n) is 1.52. The average molecular weight is 192 g/mol. The summed E-state index contributed by atoms with van der Waals surface area (Å²) < 4.78 is 13.0. The lowest BCUT2D eigenvalue weighted by Crippen LogP contribution is -2.35. The Bertz CT molecular complexity index is 407. The molecule has 72 valence electrons. The molecule has 3 nitrogen and oxygen atoms in total. The molecule has 1 aliphatic heterocycles. The zero-order valence-electron chi connectivity index (χ0n) is 7.42. The first-order valence-electron chi connectivity index (χ1n) is 4.39. The maximum Gasteiger partial charge on any atom is 0.144 e. The predicted molar refractivity (Wildman–Crippen MR) is 48.1 cm³/mol. The van der Waals surface area contributed by atoms with Crippen molar-refractivity contribution in [1.29, 1.82) is 5.26 Å². The molecule has 1 aromatic rings. The maximum absolute atomic E-state index is 13.0. The highest BCUT2D eigenvalue weighted by Crippen LogP contribution is 2.33. The van der Waals surface area contributed by atoms with Crippen LogP contribution < -0.4 is 5.32 Å². The van der Waals surface area contributed by atoms with E-state index in [1.165, 1.54) is 12.1 Å². The van der Waals surface area contributed by atoms with Gasteiger partial charge in [-0.3, -0.25) is 0 Å². The number of rotatable bonds is 1. The quantitative estimate of drug-likeness (QED) is 0.707. The summed E-state index contributed by atoms with van der Waals surface area (Å²) in [4.78, 5) is 0. The van der Waals surface area contributed by atoms with Crippen molar-refractivity contribution in [2.24, 2.45) is 0 Å². The SMILES string of the molecule is N#Cc1c(F)ccc(C2CCN2)c1O. The number of halogens is 1. The first-order chi connectivity index (χ1) is 6.74. The predicted octanol–water partition coefficient (Wildman–Crippen LogP) is 1.44. The summed E-state index contributed by atoms with van der Waals surface area (Å²) in [6.45, 7) is 0.892. The summed E-state index contributed by atoms with van der Waals surface area (Å²) >= 11 is 0. The Morgan fingerprint density at radius 1 is 1.57 bits per heavy atom. The number of nitrogens with one attached hydrogen (secondary N) is 1. The van der Waals surface area contributed by atoms with E-state index < -0.39 is 5.82 Å². The molecule has 0 saturated carbocycles. The first kappa shape index (κ1) is 8.97. The zero-order valence-corrected chi connectivity index (χ0v) is 7.42. The maximum atomic E-state index is 13.0. The minimum atomic E-state index is -0.673. The second-order valence-electron chi connectivity index (χ2n) is 3.27. The number of phenols is 1. The number of hydrogen-bond donors (Lipinski definition) is 2. The van der Waals surface area contributed by atoms with Crippen LogP contribution in [0.3, 0.4) is 0 Å². The van der Waals surface area contributed by atoms with Crippen LogP contribution in [0.15, 0.2) is 12.1 Å². The minimum absolute atomic E-state index is 0.0581. The molecule has 1 heterocycles. The van der Waals surface area contributed by atoms with E-state index >= 15 is 0 Å². The van der Waals surface area contributed by atoms with Crippen molar-refractivity contribution < 1.29 is 9.50 Å². The number of nitriles is 1. The van der Waals surface area contributed by atoms with Crippen LogP contribution in [0.5, 0.6) is 5.75 Å². The second-order valence-corrected chi connectivity index (χ2v) is 3.27. The molecular weight excluding hydrogens is 183 g/mol. The first-order valence-corrected chi connectivity index (χ1v) is 4.39. The van der Waals surface area contributed by atoms with Crippen molar-refractivity contribution in [3.05, 3.63) is 29.1 Å². The number of hydrogen-bond acceptors (Lipinski definition) is 3. The van der Waals surface area contributed by atoms with Gasteiger partial charge >= 0.3 is 0 Å². The molecule has 0 bridgehead atoms. The van der Waals surface area contributed by atoms with Crippen molar-refractivity contribution in [1.82, 2.24) is 5.32 Å². The van der Waals surface area contributed by atoms with Crippen LogP contribution in [0.4, 0.5) is 4.39 Å². The summed E-state index contributed by atoms with van der Waals surface area (Å²) in [5, 5.41) is 21.3. The van der Waals surface area contributed by atoms with Crippen molar-refractivity contribution in [3.8, 4) is 11.8 Å². The van der Waals surface area contributed by atoms with Gasteiger partial charge < -0.3 is 10.4 Å². The largest absolute Gasteiger partial charge is 0.506 e. The molecule has 4 heteroatoms. The molecule has 0 aromatic heterocycles. The summed E-state index contributed by atoms with van der Waals surface area (Å²) in [5.74, 6) is -0.905. The third-order valence-electron chi connectivity index (χ3n) is 2.47. The zero-order chi connectivity index (χ0) is 10.1. The molecule has 0 radical (unpaired) electrons. The summed E-state index contributed by atoms with van der Waals surface area (Å²) in [6.07, 6.45) is 0.907. The molecule has 1 aromatic carbocycles. The molecule has 2 N–H and O–H groups in total. The lowest BCUT2D eigenvalue weighted by atomic mass is 9.95. The van der Waals surface area contributed by atoms with Crippen molar-refractivity contribution in [3.63, 3.8) is 0 Å². The Morgan fingerprint density at radius 3 is 2.79 bits per heavy atom. The molecule has 1 atom stereocenters. The summed E-state index contributed by atoms with van der Waals surface area (Å²) in [6, 6.07) is 4.44. The van der Waals surface area contributed by atoms with Gasteiger partial charge in [-0.2, -0.15) is 5.26 Å². The van der Waals surface area contributed by atoms with Gasteiger partial charge in [0.1, 0.15) is 23.2 Å². The fraction of sp³-hybridized carbons (Fsp3) is 0.300. The van der Waals surface area contributed by atoms with Crippen LogP contribution in [-0.4, -0.2) is 11.7 Å². The van der Waals surface area contributed by atoms with Crippen LogP contribution in [0.1, 0.15) is 23.6 Å². The van der Waals surface area contributed by atoms with Crippen LogP contribution >= 0.6 is 0 Å². The molecule has 1 aliphatic rings. The topological polar surface area (TPSA) is 56.0 Å². The van der Waals surface area contributed by atoms with E-state index in [0.717, 1.165) is 13.0 Å². The van der Waals surface area contributed by atoms with E-state index in [4.69, 9.17) is 5.26 Å². The molecule has 0 aliphatic carbocycles. The monoisotopic (exact) mass is 192 g/mol. The van der Waals surface area contributed by atoms with Gasteiger partial charge in [0.25, 0.3) is 0 Å². The Kier molecular flexibility index (Phi) is 2.10. The number of benzene rings is 1. The van der Waals surface area contributed by atoms with E-state index in [2.05, 4.69) is 5.32 Å². The van der Waals surface area contributed by atoms with E-state index in [-0.39, 0.29) is 17.4 Å². The molecule has 0 spiro atoms. The molecule has 1 fully saturated rings. The Morgan fingerprint density at radius 2 is 2.29 bits per heavy atom. The van der Waals surface area contributed by atoms with Crippen LogP contribution in [-0.2, 0) is 0 Å². The minimum Gasteiger partial charge on any atom is -0.506 e. The van der Waals surface area contributed by atoms with Gasteiger partial charge in [0.05, 0.1) is 0 Å². The average Bonchev–Trinajstić information content (AvgIpc) is 2.08. The Balaban J connectivity index is 2.47. The molecule has 14 heavy (non-hydrogen) atoms. The van der Waals surface area contributed by atoms with Gasteiger partial charge in [0.2, 0.25) is 0 Å². The highest BCUT2D eigenvalue weighted by atomic mass is 19.1. The number of nitrogens with zero attached hydrogens (tertiary/aromatic N) is 1. The molecule has 1 unspecified atom stereocenters. The van der Waals surface area contributed by atoms with E-state index in [1.807, 2.05) is 0 Å². The van der Waals surface area contributed by atoms with Crippen molar-refractivity contribution in [2.75, 3.05) is 6.54 Å². The Hall–Kier alpha value is -1.60. The fourth-order valence-corrected chi connectivity index (χ4v) is 1.52. The second kappa shape index (κ2) is 3.28. The van der Waals surface area contributed by atoms with Gasteiger partial charge in [-0.05, 0) is 19.0 Å². The van der Waals surface area contributed by atoms with Gasteiger partial charge in [-0.15, -0.1) is 0 Å². The van der Waals surface area contributed by atoms with Gasteiger partial charge in [0.15, 0.2) is 0 Å². The lowest BCUT2D eigenvalue weighted by Gasteiger charge is -2.28. The normalized spacial score (nSPS) is 19.9. The van der Waals surface area contributed by atoms with Crippen LogP contribution in [0, 0.1) is 17.1 Å². The van der Waals surface area contributed by atoms with E-state index in [0.29, 0.717) is 5.56 Å². The molecule has 0 amide bonds. The lowest BCUT2D eigenvalue weighted by molar-refractivity contribution is 0.362. The third kappa shape index (κ3) is 1.22. The smallest absolute Gasteiger partial charge is 0.144 e. The van der Waals surface area contributed by atoms with Gasteiger partial charge in [-0.1, -0.05) is 6.07 Å². The number of phenolic OH excluding ortho intramolecular Hbond substituents is 1. The van der Waals surface area contributed by atoms with E-state index in [9.17, 15) is 9.50 Å². The molecule has 2 rings (SSSR count). The highest BCUT2D eigenvalue weighted by molar-refractivity contribution is 5.50. The van der Waals surface area contributed by atoms with E-state index in [1.54, 1.807) is 6.07 Å².